The number of pyridine rings is 1. The van der Waals surface area contributed by atoms with Crippen molar-refractivity contribution in [1.82, 2.24) is 4.98 Å². The second-order valence-electron chi connectivity index (χ2n) is 3.62. The highest BCUT2D eigenvalue weighted by atomic mass is 79.9. The third-order valence-electron chi connectivity index (χ3n) is 2.26. The maximum absolute atomic E-state index is 12.2. The van der Waals surface area contributed by atoms with Gasteiger partial charge in [0.05, 0.1) is 5.69 Å². The van der Waals surface area contributed by atoms with Crippen LogP contribution >= 0.6 is 27.5 Å². The van der Waals surface area contributed by atoms with Crippen molar-refractivity contribution in [2.75, 3.05) is 10.5 Å². The first-order valence-electron chi connectivity index (χ1n) is 5.08. The van der Waals surface area contributed by atoms with Crippen LogP contribution in [0.5, 0.6) is 0 Å². The molecule has 1 heterocycles. The molecular formula is C11H9BrClN3O2S. The minimum absolute atomic E-state index is 0.0555. The Balaban J connectivity index is 2.40. The first-order chi connectivity index (χ1) is 8.90. The van der Waals surface area contributed by atoms with E-state index in [4.69, 9.17) is 17.3 Å². The van der Waals surface area contributed by atoms with E-state index >= 15 is 0 Å². The van der Waals surface area contributed by atoms with Crippen molar-refractivity contribution in [1.29, 1.82) is 0 Å². The molecule has 0 aliphatic heterocycles. The number of nitrogen functional groups attached to an aromatic ring is 1. The van der Waals surface area contributed by atoms with Gasteiger partial charge in [0.2, 0.25) is 0 Å². The molecule has 2 rings (SSSR count). The molecule has 0 radical (unpaired) electrons. The van der Waals surface area contributed by atoms with E-state index in [0.29, 0.717) is 15.2 Å². The molecule has 0 amide bonds. The summed E-state index contributed by atoms with van der Waals surface area (Å²) in [6, 6.07) is 7.61. The van der Waals surface area contributed by atoms with Crippen LogP contribution in [0.15, 0.2) is 45.9 Å². The largest absolute Gasteiger partial charge is 0.383 e. The Hall–Kier alpha value is -1.31. The standard InChI is InChI=1S/C11H9BrClN3O2S/c12-8-6-7(13)3-4-9(8)16-19(17,18)10-2-1-5-15-11(10)14/h1-6,16H,(H2,14,15). The van der Waals surface area contributed by atoms with Gasteiger partial charge in [-0.05, 0) is 46.3 Å². The molecule has 0 atom stereocenters. The van der Waals surface area contributed by atoms with Gasteiger partial charge in [-0.1, -0.05) is 11.6 Å². The Bertz CT molecular complexity index is 722. The number of rotatable bonds is 3. The van der Waals surface area contributed by atoms with E-state index in [-0.39, 0.29) is 10.7 Å². The minimum Gasteiger partial charge on any atom is -0.383 e. The Morgan fingerprint density at radius 1 is 1.32 bits per heavy atom. The smallest absolute Gasteiger partial charge is 0.265 e. The van der Waals surface area contributed by atoms with Crippen LogP contribution in [0.3, 0.4) is 0 Å². The third-order valence-corrected chi connectivity index (χ3v) is 4.57. The molecule has 0 aliphatic rings. The summed E-state index contributed by atoms with van der Waals surface area (Å²) in [4.78, 5) is 3.68. The number of anilines is 2. The van der Waals surface area contributed by atoms with Crippen molar-refractivity contribution in [2.24, 2.45) is 0 Å². The van der Waals surface area contributed by atoms with Gasteiger partial charge in [0.25, 0.3) is 10.0 Å². The minimum atomic E-state index is -3.79. The van der Waals surface area contributed by atoms with Crippen LogP contribution in [0.25, 0.3) is 0 Å². The van der Waals surface area contributed by atoms with Crippen LogP contribution in [0.2, 0.25) is 5.02 Å². The summed E-state index contributed by atoms with van der Waals surface area (Å²) in [5.74, 6) is -0.0555. The molecule has 0 bridgehead atoms. The fraction of sp³-hybridized carbons (Fsp3) is 0. The lowest BCUT2D eigenvalue weighted by atomic mass is 10.3. The van der Waals surface area contributed by atoms with Gasteiger partial charge in [-0.2, -0.15) is 0 Å². The van der Waals surface area contributed by atoms with Crippen molar-refractivity contribution in [3.63, 3.8) is 0 Å². The van der Waals surface area contributed by atoms with Crippen LogP contribution in [0, 0.1) is 0 Å². The Morgan fingerprint density at radius 2 is 2.05 bits per heavy atom. The number of sulfonamides is 1. The predicted octanol–water partition coefficient (Wildman–Crippen LogP) is 2.88. The van der Waals surface area contributed by atoms with E-state index in [2.05, 4.69) is 25.6 Å². The molecule has 3 N–H and O–H groups in total. The van der Waals surface area contributed by atoms with Crippen LogP contribution < -0.4 is 10.5 Å². The molecule has 8 heteroatoms. The van der Waals surface area contributed by atoms with Gasteiger partial charge in [0, 0.05) is 15.7 Å². The molecule has 0 unspecified atom stereocenters. The molecule has 0 saturated heterocycles. The van der Waals surface area contributed by atoms with Gasteiger partial charge in [0.1, 0.15) is 10.7 Å². The Labute approximate surface area is 124 Å². The molecule has 1 aromatic carbocycles. The molecule has 0 aliphatic carbocycles. The van der Waals surface area contributed by atoms with E-state index < -0.39 is 10.0 Å². The zero-order chi connectivity index (χ0) is 14.0. The fourth-order valence-electron chi connectivity index (χ4n) is 1.40. The number of nitrogens with zero attached hydrogens (tertiary/aromatic N) is 1. The van der Waals surface area contributed by atoms with Gasteiger partial charge in [-0.15, -0.1) is 0 Å². The van der Waals surface area contributed by atoms with Crippen LogP contribution in [-0.4, -0.2) is 13.4 Å². The monoisotopic (exact) mass is 361 g/mol. The number of hydrogen-bond acceptors (Lipinski definition) is 4. The average molecular weight is 363 g/mol. The van der Waals surface area contributed by atoms with Gasteiger partial charge >= 0.3 is 0 Å². The van der Waals surface area contributed by atoms with E-state index in [1.54, 1.807) is 18.2 Å². The van der Waals surface area contributed by atoms with Crippen molar-refractivity contribution < 1.29 is 8.42 Å². The molecule has 5 nitrogen and oxygen atoms in total. The van der Waals surface area contributed by atoms with Gasteiger partial charge in [-0.3, -0.25) is 4.72 Å². The zero-order valence-corrected chi connectivity index (χ0v) is 12.6. The summed E-state index contributed by atoms with van der Waals surface area (Å²) >= 11 is 9.03. The second-order valence-corrected chi connectivity index (χ2v) is 6.56. The summed E-state index contributed by atoms with van der Waals surface area (Å²) < 4.78 is 27.3. The van der Waals surface area contributed by atoms with E-state index in [0.717, 1.165) is 0 Å². The van der Waals surface area contributed by atoms with Crippen molar-refractivity contribution >= 4 is 49.1 Å². The summed E-state index contributed by atoms with van der Waals surface area (Å²) in [5.41, 5.74) is 5.93. The van der Waals surface area contributed by atoms with Crippen LogP contribution in [0.4, 0.5) is 11.5 Å². The Morgan fingerprint density at radius 3 is 2.68 bits per heavy atom. The number of benzene rings is 1. The SMILES string of the molecule is Nc1ncccc1S(=O)(=O)Nc1ccc(Cl)cc1Br. The second kappa shape index (κ2) is 5.36. The molecule has 0 spiro atoms. The van der Waals surface area contributed by atoms with E-state index in [9.17, 15) is 8.42 Å². The summed E-state index contributed by atoms with van der Waals surface area (Å²) in [6.07, 6.45) is 1.42. The first kappa shape index (κ1) is 14.1. The molecule has 0 saturated carbocycles. The highest BCUT2D eigenvalue weighted by Gasteiger charge is 2.19. The number of nitrogens with two attached hydrogens (primary N) is 1. The first-order valence-corrected chi connectivity index (χ1v) is 7.74. The lowest BCUT2D eigenvalue weighted by molar-refractivity contribution is 0.601. The molecule has 0 fully saturated rings. The number of nitrogens with one attached hydrogen (secondary N) is 1. The number of halogens is 2. The van der Waals surface area contributed by atoms with E-state index in [1.165, 1.54) is 18.3 Å². The van der Waals surface area contributed by atoms with Crippen LogP contribution in [0.1, 0.15) is 0 Å². The third kappa shape index (κ3) is 3.17. The van der Waals surface area contributed by atoms with Crippen LogP contribution in [-0.2, 0) is 10.0 Å². The maximum Gasteiger partial charge on any atom is 0.265 e. The normalized spacial score (nSPS) is 11.3. The zero-order valence-electron chi connectivity index (χ0n) is 9.47. The topological polar surface area (TPSA) is 85.1 Å². The highest BCUT2D eigenvalue weighted by Crippen LogP contribution is 2.28. The van der Waals surface area contributed by atoms with Crippen molar-refractivity contribution in [2.45, 2.75) is 4.90 Å². The number of hydrogen-bond donors (Lipinski definition) is 2. The van der Waals surface area contributed by atoms with Gasteiger partial charge < -0.3 is 5.73 Å². The molecule has 19 heavy (non-hydrogen) atoms. The van der Waals surface area contributed by atoms with E-state index in [1.807, 2.05) is 0 Å². The lowest BCUT2D eigenvalue weighted by Gasteiger charge is -2.10. The Kier molecular flexibility index (Phi) is 3.98. The quantitative estimate of drug-likeness (QED) is 0.879. The maximum atomic E-state index is 12.2. The molecular weight excluding hydrogens is 354 g/mol. The number of aromatic nitrogens is 1. The molecule has 1 aromatic heterocycles. The van der Waals surface area contributed by atoms with Gasteiger partial charge in [0.15, 0.2) is 0 Å². The lowest BCUT2D eigenvalue weighted by Crippen LogP contribution is -2.15. The summed E-state index contributed by atoms with van der Waals surface area (Å²) in [7, 11) is -3.79. The average Bonchev–Trinajstić information content (AvgIpc) is 2.33. The molecule has 2 aromatic rings. The molecule has 100 valence electrons. The van der Waals surface area contributed by atoms with Crippen molar-refractivity contribution in [3.8, 4) is 0 Å². The predicted molar refractivity (Wildman–Crippen MR) is 78.6 cm³/mol. The summed E-state index contributed by atoms with van der Waals surface area (Å²) in [5, 5.41) is 0.496. The summed E-state index contributed by atoms with van der Waals surface area (Å²) in [6.45, 7) is 0. The highest BCUT2D eigenvalue weighted by molar-refractivity contribution is 9.10. The van der Waals surface area contributed by atoms with Crippen molar-refractivity contribution in [3.05, 3.63) is 46.0 Å². The fourth-order valence-corrected chi connectivity index (χ4v) is 3.48. The van der Waals surface area contributed by atoms with Gasteiger partial charge in [-0.25, -0.2) is 13.4 Å².